The molecule has 2 amide bonds. The number of methoxy groups -OCH3 is 1. The van der Waals surface area contributed by atoms with Crippen molar-refractivity contribution in [1.82, 2.24) is 15.1 Å². The molecule has 6 nitrogen and oxygen atoms in total. The average molecular weight is 569 g/mol. The van der Waals surface area contributed by atoms with Crippen LogP contribution in [0.3, 0.4) is 0 Å². The zero-order valence-electron chi connectivity index (χ0n) is 19.6. The summed E-state index contributed by atoms with van der Waals surface area (Å²) < 4.78 is 63.1. The number of carbonyl (C=O) groups excluding carboxylic acids is 1. The van der Waals surface area contributed by atoms with E-state index in [9.17, 15) is 22.4 Å². The van der Waals surface area contributed by atoms with Crippen LogP contribution in [0.5, 0.6) is 5.75 Å². The van der Waals surface area contributed by atoms with Gasteiger partial charge in [-0.15, -0.1) is 0 Å². The van der Waals surface area contributed by atoms with Crippen molar-refractivity contribution in [2.24, 2.45) is 0 Å². The fourth-order valence-electron chi connectivity index (χ4n) is 4.46. The number of anilines is 1. The lowest BCUT2D eigenvalue weighted by atomic mass is 9.99. The number of nitrogens with one attached hydrogen (secondary N) is 1. The molecule has 11 heteroatoms. The number of ether oxygens (including phenoxy) is 1. The van der Waals surface area contributed by atoms with E-state index in [4.69, 9.17) is 4.74 Å². The predicted molar refractivity (Wildman–Crippen MR) is 131 cm³/mol. The summed E-state index contributed by atoms with van der Waals surface area (Å²) in [6, 6.07) is 7.39. The number of aromatic nitrogens is 2. The largest absolute Gasteiger partial charge is 0.496 e. The van der Waals surface area contributed by atoms with Crippen LogP contribution in [0.1, 0.15) is 43.5 Å². The third kappa shape index (κ3) is 5.21. The minimum Gasteiger partial charge on any atom is -0.496 e. The van der Waals surface area contributed by atoms with E-state index in [0.717, 1.165) is 9.37 Å². The summed E-state index contributed by atoms with van der Waals surface area (Å²) in [4.78, 5) is 14.2. The Morgan fingerprint density at radius 3 is 2.61 bits per heavy atom. The van der Waals surface area contributed by atoms with Gasteiger partial charge in [0.1, 0.15) is 17.6 Å². The van der Waals surface area contributed by atoms with Crippen LogP contribution in [0.4, 0.5) is 28.0 Å². The first-order valence-corrected chi connectivity index (χ1v) is 12.3. The van der Waals surface area contributed by atoms with Crippen molar-refractivity contribution in [2.45, 2.75) is 50.9 Å². The van der Waals surface area contributed by atoms with Crippen molar-refractivity contribution in [2.75, 3.05) is 12.0 Å². The molecule has 192 valence electrons. The summed E-state index contributed by atoms with van der Waals surface area (Å²) in [6.07, 6.45) is -2.42. The molecule has 2 unspecified atom stereocenters. The smallest absolute Gasteiger partial charge is 0.409 e. The first kappa shape index (κ1) is 26.0. The van der Waals surface area contributed by atoms with Gasteiger partial charge >= 0.3 is 12.2 Å². The number of alkyl halides is 3. The first-order valence-electron chi connectivity index (χ1n) is 11.5. The molecule has 2 heterocycles. The van der Waals surface area contributed by atoms with Crippen LogP contribution in [0.15, 0.2) is 53.1 Å². The lowest BCUT2D eigenvalue weighted by molar-refractivity contribution is -0.149. The minimum absolute atomic E-state index is 0.0585. The normalized spacial score (nSPS) is 16.4. The summed E-state index contributed by atoms with van der Waals surface area (Å²) in [5.41, 5.74) is 1.74. The van der Waals surface area contributed by atoms with E-state index < -0.39 is 30.1 Å². The molecule has 1 aliphatic heterocycles. The predicted octanol–water partition coefficient (Wildman–Crippen LogP) is 6.72. The monoisotopic (exact) mass is 568 g/mol. The molecule has 0 aliphatic carbocycles. The van der Waals surface area contributed by atoms with Crippen molar-refractivity contribution in [3.8, 4) is 11.4 Å². The van der Waals surface area contributed by atoms with E-state index in [1.54, 1.807) is 18.2 Å². The number of hydrogen-bond donors (Lipinski definition) is 1. The Morgan fingerprint density at radius 1 is 1.25 bits per heavy atom. The summed E-state index contributed by atoms with van der Waals surface area (Å²) >= 11 is 3.39. The maximum Gasteiger partial charge on any atom is 0.409 e. The molecule has 0 saturated heterocycles. The Balaban J connectivity index is 1.70. The molecule has 36 heavy (non-hydrogen) atoms. The van der Waals surface area contributed by atoms with E-state index in [0.29, 0.717) is 35.5 Å². The number of hydrogen-bond acceptors (Lipinski definition) is 3. The maximum atomic E-state index is 14.1. The maximum absolute atomic E-state index is 14.1. The van der Waals surface area contributed by atoms with Crippen LogP contribution in [-0.2, 0) is 6.42 Å². The molecule has 1 N–H and O–H groups in total. The molecule has 0 radical (unpaired) electrons. The molecule has 3 aromatic rings. The van der Waals surface area contributed by atoms with E-state index >= 15 is 0 Å². The summed E-state index contributed by atoms with van der Waals surface area (Å²) in [5, 5.41) is 7.04. The molecule has 0 bridgehead atoms. The minimum atomic E-state index is -4.63. The van der Waals surface area contributed by atoms with E-state index in [2.05, 4.69) is 26.3 Å². The number of urea groups is 1. The van der Waals surface area contributed by atoms with Gasteiger partial charge in [-0.3, -0.25) is 4.90 Å². The highest BCUT2D eigenvalue weighted by Crippen LogP contribution is 2.39. The standard InChI is InChI=1S/C25H25BrF4N4O2/c1-3-4-19(15-5-10-18(26)22(13-15)36-2)32-24(35)33-21-14-31-34(17-8-6-16(27)7-9-17)20(21)11-12-23(33)25(28,29)30/h5-10,13-14,19,23H,3-4,11-12H2,1-2H3,(H,32,35). The van der Waals surface area contributed by atoms with Crippen LogP contribution in [0.2, 0.25) is 0 Å². The van der Waals surface area contributed by atoms with Crippen molar-refractivity contribution >= 4 is 27.6 Å². The third-order valence-electron chi connectivity index (χ3n) is 6.19. The fraction of sp³-hybridized carbons (Fsp3) is 0.360. The number of amides is 2. The summed E-state index contributed by atoms with van der Waals surface area (Å²) in [6.45, 7) is 1.93. The van der Waals surface area contributed by atoms with E-state index in [-0.39, 0.29) is 18.5 Å². The van der Waals surface area contributed by atoms with Gasteiger partial charge in [0.25, 0.3) is 0 Å². The summed E-state index contributed by atoms with van der Waals surface area (Å²) in [5.74, 6) is 0.112. The van der Waals surface area contributed by atoms with Gasteiger partial charge in [-0.25, -0.2) is 13.9 Å². The lowest BCUT2D eigenvalue weighted by Crippen LogP contribution is -2.55. The number of benzene rings is 2. The van der Waals surface area contributed by atoms with Crippen molar-refractivity contribution in [3.63, 3.8) is 0 Å². The van der Waals surface area contributed by atoms with Crippen LogP contribution < -0.4 is 15.0 Å². The molecular formula is C25H25BrF4N4O2. The highest BCUT2D eigenvalue weighted by Gasteiger charge is 2.49. The van der Waals surface area contributed by atoms with Gasteiger partial charge in [-0.05, 0) is 77.2 Å². The molecule has 2 aromatic carbocycles. The topological polar surface area (TPSA) is 59.4 Å². The highest BCUT2D eigenvalue weighted by molar-refractivity contribution is 9.10. The molecule has 1 aromatic heterocycles. The van der Waals surface area contributed by atoms with Crippen molar-refractivity contribution < 1.29 is 27.1 Å². The molecule has 1 aliphatic rings. The third-order valence-corrected chi connectivity index (χ3v) is 6.85. The molecule has 0 saturated carbocycles. The number of nitrogens with zero attached hydrogens (tertiary/aromatic N) is 3. The second kappa shape index (κ2) is 10.5. The average Bonchev–Trinajstić information content (AvgIpc) is 3.27. The zero-order chi connectivity index (χ0) is 26.0. The van der Waals surface area contributed by atoms with Gasteiger partial charge < -0.3 is 10.1 Å². The number of halogens is 5. The van der Waals surface area contributed by atoms with E-state index in [1.807, 2.05) is 6.92 Å². The summed E-state index contributed by atoms with van der Waals surface area (Å²) in [7, 11) is 1.51. The second-order valence-corrected chi connectivity index (χ2v) is 9.37. The SMILES string of the molecule is CCCC(NC(=O)N1c2cnn(-c3ccc(F)cc3)c2CCC1C(F)(F)F)c1ccc(Br)c(OC)c1. The lowest BCUT2D eigenvalue weighted by Gasteiger charge is -2.37. The van der Waals surface area contributed by atoms with Crippen LogP contribution in [0.25, 0.3) is 5.69 Å². The Morgan fingerprint density at radius 2 is 1.97 bits per heavy atom. The highest BCUT2D eigenvalue weighted by atomic mass is 79.9. The van der Waals surface area contributed by atoms with Gasteiger partial charge in [-0.1, -0.05) is 19.4 Å². The quantitative estimate of drug-likeness (QED) is 0.336. The van der Waals surface area contributed by atoms with Gasteiger partial charge in [0.2, 0.25) is 0 Å². The Bertz CT molecular complexity index is 1230. The van der Waals surface area contributed by atoms with Gasteiger partial charge in [0.05, 0.1) is 40.9 Å². The Labute approximate surface area is 214 Å². The van der Waals surface area contributed by atoms with Gasteiger partial charge in [-0.2, -0.15) is 18.3 Å². The van der Waals surface area contributed by atoms with E-state index in [1.165, 1.54) is 42.3 Å². The molecule has 0 fully saturated rings. The molecule has 0 spiro atoms. The van der Waals surface area contributed by atoms with Crippen LogP contribution in [-0.4, -0.2) is 35.1 Å². The van der Waals surface area contributed by atoms with Gasteiger partial charge in [0.15, 0.2) is 0 Å². The Kier molecular flexibility index (Phi) is 7.58. The fourth-order valence-corrected chi connectivity index (χ4v) is 4.87. The van der Waals surface area contributed by atoms with Crippen molar-refractivity contribution in [1.29, 1.82) is 0 Å². The molecule has 2 atom stereocenters. The molecular weight excluding hydrogens is 544 g/mol. The Hall–Kier alpha value is -3.08. The number of rotatable bonds is 6. The molecule has 4 rings (SSSR count). The zero-order valence-corrected chi connectivity index (χ0v) is 21.2. The first-order chi connectivity index (χ1) is 17.1. The van der Waals surface area contributed by atoms with Crippen LogP contribution in [0, 0.1) is 5.82 Å². The number of carbonyl (C=O) groups is 1. The second-order valence-electron chi connectivity index (χ2n) is 8.52. The van der Waals surface area contributed by atoms with Crippen molar-refractivity contribution in [3.05, 3.63) is 70.2 Å². The van der Waals surface area contributed by atoms with Gasteiger partial charge in [0, 0.05) is 0 Å². The van der Waals surface area contributed by atoms with Crippen LogP contribution >= 0.6 is 15.9 Å². The number of fused-ring (bicyclic) bond motifs is 1.